The van der Waals surface area contributed by atoms with E-state index in [1.807, 2.05) is 31.2 Å². The van der Waals surface area contributed by atoms with Crippen LogP contribution < -0.4 is 14.4 Å². The van der Waals surface area contributed by atoms with Crippen molar-refractivity contribution in [3.05, 3.63) is 58.1 Å². The molecule has 0 heterocycles. The maximum atomic E-state index is 12.2. The first-order valence-corrected chi connectivity index (χ1v) is 11.6. The Bertz CT molecular complexity index is 914. The molecule has 8 heteroatoms. The van der Waals surface area contributed by atoms with Gasteiger partial charge < -0.3 is 10.1 Å². The van der Waals surface area contributed by atoms with E-state index in [2.05, 4.69) is 28.2 Å². The van der Waals surface area contributed by atoms with Crippen molar-refractivity contribution in [2.75, 3.05) is 30.3 Å². The van der Waals surface area contributed by atoms with Crippen molar-refractivity contribution >= 4 is 37.5 Å². The maximum absolute atomic E-state index is 12.2. The quantitative estimate of drug-likeness (QED) is 0.572. The number of carbonyl (C=O) groups excluding carboxylic acids is 1. The van der Waals surface area contributed by atoms with Crippen LogP contribution in [0.2, 0.25) is 0 Å². The molecule has 28 heavy (non-hydrogen) atoms. The molecule has 2 rings (SSSR count). The zero-order valence-corrected chi connectivity index (χ0v) is 18.6. The number of nitrogens with one attached hydrogen (secondary N) is 1. The van der Waals surface area contributed by atoms with Gasteiger partial charge in [0, 0.05) is 4.47 Å². The zero-order valence-electron chi connectivity index (χ0n) is 16.2. The molecule has 0 atom stereocenters. The van der Waals surface area contributed by atoms with Crippen molar-refractivity contribution in [2.24, 2.45) is 0 Å². The molecule has 1 amide bonds. The van der Waals surface area contributed by atoms with E-state index in [4.69, 9.17) is 4.74 Å². The van der Waals surface area contributed by atoms with Crippen LogP contribution in [0.1, 0.15) is 18.1 Å². The van der Waals surface area contributed by atoms with Crippen molar-refractivity contribution < 1.29 is 17.9 Å². The van der Waals surface area contributed by atoms with Crippen LogP contribution in [-0.4, -0.2) is 40.3 Å². The summed E-state index contributed by atoms with van der Waals surface area (Å²) in [4.78, 5) is 12.2. The van der Waals surface area contributed by atoms with Crippen LogP contribution in [0.5, 0.6) is 5.75 Å². The second kappa shape index (κ2) is 9.93. The number of amides is 1. The molecule has 0 saturated heterocycles. The number of benzene rings is 2. The molecule has 0 aliphatic heterocycles. The minimum Gasteiger partial charge on any atom is -0.492 e. The van der Waals surface area contributed by atoms with Gasteiger partial charge in [-0.1, -0.05) is 35.0 Å². The number of sulfonamides is 1. The van der Waals surface area contributed by atoms with E-state index in [0.717, 1.165) is 32.8 Å². The Morgan fingerprint density at radius 3 is 2.43 bits per heavy atom. The lowest BCUT2D eigenvalue weighted by molar-refractivity contribution is -0.119. The SMILES string of the molecule is CCc1ccc(OCCNC(=O)CN(c2ccc(Br)c(C)c2)S(C)(=O)=O)cc1. The molecular weight excluding hydrogens is 444 g/mol. The van der Waals surface area contributed by atoms with Gasteiger partial charge >= 0.3 is 0 Å². The fraction of sp³-hybridized carbons (Fsp3) is 0.350. The predicted octanol–water partition coefficient (Wildman–Crippen LogP) is 3.28. The Kier molecular flexibility index (Phi) is 7.88. The highest BCUT2D eigenvalue weighted by molar-refractivity contribution is 9.10. The fourth-order valence-electron chi connectivity index (χ4n) is 2.55. The Morgan fingerprint density at radius 2 is 1.86 bits per heavy atom. The number of aryl methyl sites for hydroxylation is 2. The third-order valence-electron chi connectivity index (χ3n) is 4.14. The van der Waals surface area contributed by atoms with Crippen LogP contribution in [0.25, 0.3) is 0 Å². The lowest BCUT2D eigenvalue weighted by Crippen LogP contribution is -2.41. The Morgan fingerprint density at radius 1 is 1.18 bits per heavy atom. The monoisotopic (exact) mass is 468 g/mol. The number of nitrogens with zero attached hydrogens (tertiary/aromatic N) is 1. The van der Waals surface area contributed by atoms with Gasteiger partial charge in [-0.25, -0.2) is 8.42 Å². The number of hydrogen-bond acceptors (Lipinski definition) is 4. The van der Waals surface area contributed by atoms with E-state index in [1.165, 1.54) is 5.56 Å². The van der Waals surface area contributed by atoms with Crippen LogP contribution >= 0.6 is 15.9 Å². The Balaban J connectivity index is 1.90. The summed E-state index contributed by atoms with van der Waals surface area (Å²) < 4.78 is 31.8. The van der Waals surface area contributed by atoms with Crippen LogP contribution in [0.4, 0.5) is 5.69 Å². The van der Waals surface area contributed by atoms with Crippen molar-refractivity contribution in [1.29, 1.82) is 0 Å². The van der Waals surface area contributed by atoms with E-state index in [-0.39, 0.29) is 13.1 Å². The van der Waals surface area contributed by atoms with Gasteiger partial charge in [-0.3, -0.25) is 9.10 Å². The van der Waals surface area contributed by atoms with E-state index in [0.29, 0.717) is 12.3 Å². The predicted molar refractivity (Wildman–Crippen MR) is 115 cm³/mol. The van der Waals surface area contributed by atoms with Crippen molar-refractivity contribution in [2.45, 2.75) is 20.3 Å². The summed E-state index contributed by atoms with van der Waals surface area (Å²) in [5.74, 6) is 0.338. The topological polar surface area (TPSA) is 75.7 Å². The van der Waals surface area contributed by atoms with E-state index in [1.54, 1.807) is 18.2 Å². The van der Waals surface area contributed by atoms with Crippen molar-refractivity contribution in [3.63, 3.8) is 0 Å². The Labute approximate surface area is 175 Å². The first-order valence-electron chi connectivity index (χ1n) is 8.93. The number of anilines is 1. The van der Waals surface area contributed by atoms with E-state index >= 15 is 0 Å². The molecule has 6 nitrogen and oxygen atoms in total. The number of halogens is 1. The van der Waals surface area contributed by atoms with Gasteiger partial charge in [0.05, 0.1) is 18.5 Å². The summed E-state index contributed by atoms with van der Waals surface area (Å²) >= 11 is 3.39. The molecule has 0 fully saturated rings. The third-order valence-corrected chi connectivity index (χ3v) is 6.17. The zero-order chi connectivity index (χ0) is 20.7. The lowest BCUT2D eigenvalue weighted by Gasteiger charge is -2.22. The van der Waals surface area contributed by atoms with E-state index in [9.17, 15) is 13.2 Å². The second-order valence-corrected chi connectivity index (χ2v) is 9.16. The van der Waals surface area contributed by atoms with Crippen molar-refractivity contribution in [1.82, 2.24) is 5.32 Å². The molecule has 2 aromatic carbocycles. The molecule has 0 aliphatic carbocycles. The van der Waals surface area contributed by atoms with Gasteiger partial charge in [-0.05, 0) is 54.8 Å². The van der Waals surface area contributed by atoms with Gasteiger partial charge in [0.1, 0.15) is 18.9 Å². The first kappa shape index (κ1) is 22.2. The largest absolute Gasteiger partial charge is 0.492 e. The normalized spacial score (nSPS) is 11.1. The van der Waals surface area contributed by atoms with Crippen molar-refractivity contribution in [3.8, 4) is 5.75 Å². The van der Waals surface area contributed by atoms with Gasteiger partial charge in [-0.15, -0.1) is 0 Å². The molecule has 0 unspecified atom stereocenters. The van der Waals surface area contributed by atoms with Gasteiger partial charge in [0.25, 0.3) is 0 Å². The van der Waals surface area contributed by atoms with Gasteiger partial charge in [-0.2, -0.15) is 0 Å². The average Bonchev–Trinajstić information content (AvgIpc) is 2.65. The third kappa shape index (κ3) is 6.53. The average molecular weight is 469 g/mol. The highest BCUT2D eigenvalue weighted by Gasteiger charge is 2.21. The van der Waals surface area contributed by atoms with E-state index < -0.39 is 15.9 Å². The molecule has 2 aromatic rings. The molecule has 0 spiro atoms. The van der Waals surface area contributed by atoms with Crippen LogP contribution in [0.15, 0.2) is 46.9 Å². The molecule has 0 saturated carbocycles. The summed E-state index contributed by atoms with van der Waals surface area (Å²) in [5, 5.41) is 2.69. The Hall–Kier alpha value is -2.06. The smallest absolute Gasteiger partial charge is 0.240 e. The van der Waals surface area contributed by atoms with Crippen LogP contribution in [0, 0.1) is 6.92 Å². The lowest BCUT2D eigenvalue weighted by atomic mass is 10.2. The fourth-order valence-corrected chi connectivity index (χ4v) is 3.65. The molecule has 0 radical (unpaired) electrons. The summed E-state index contributed by atoms with van der Waals surface area (Å²) in [6.07, 6.45) is 2.05. The maximum Gasteiger partial charge on any atom is 0.240 e. The number of carbonyl (C=O) groups is 1. The summed E-state index contributed by atoms with van der Waals surface area (Å²) in [6, 6.07) is 12.9. The molecule has 0 bridgehead atoms. The minimum absolute atomic E-state index is 0.283. The molecule has 152 valence electrons. The van der Waals surface area contributed by atoms with Gasteiger partial charge in [0.2, 0.25) is 15.9 Å². The molecule has 1 N–H and O–H groups in total. The standard InChI is InChI=1S/C20H25BrN2O4S/c1-4-16-5-8-18(9-6-16)27-12-11-22-20(24)14-23(28(3,25)26)17-7-10-19(21)15(2)13-17/h5-10,13H,4,11-12,14H2,1-3H3,(H,22,24). The molecule has 0 aliphatic rings. The molecule has 0 aromatic heterocycles. The highest BCUT2D eigenvalue weighted by Crippen LogP contribution is 2.24. The van der Waals surface area contributed by atoms with Crippen LogP contribution in [-0.2, 0) is 21.2 Å². The van der Waals surface area contributed by atoms with Gasteiger partial charge in [0.15, 0.2) is 0 Å². The number of rotatable bonds is 9. The summed E-state index contributed by atoms with van der Waals surface area (Å²) in [5.41, 5.74) is 2.56. The second-order valence-electron chi connectivity index (χ2n) is 6.40. The summed E-state index contributed by atoms with van der Waals surface area (Å²) in [7, 11) is -3.60. The molecular formula is C20H25BrN2O4S. The highest BCUT2D eigenvalue weighted by atomic mass is 79.9. The number of hydrogen-bond donors (Lipinski definition) is 1. The first-order chi connectivity index (χ1) is 13.2. The summed E-state index contributed by atoms with van der Waals surface area (Å²) in [6.45, 7) is 4.24. The van der Waals surface area contributed by atoms with Crippen LogP contribution in [0.3, 0.4) is 0 Å². The minimum atomic E-state index is -3.60. The number of ether oxygens (including phenoxy) is 1.